The van der Waals surface area contributed by atoms with Gasteiger partial charge in [-0.3, -0.25) is 0 Å². The molecule has 0 aliphatic rings. The molecule has 0 fully saturated rings. The Kier molecular flexibility index (Phi) is 6.23. The topological polar surface area (TPSA) is 78.4 Å². The second-order valence-corrected chi connectivity index (χ2v) is 4.71. The van der Waals surface area contributed by atoms with E-state index in [9.17, 15) is 21.6 Å². The van der Waals surface area contributed by atoms with Gasteiger partial charge in [0.2, 0.25) is 0 Å². The van der Waals surface area contributed by atoms with E-state index in [1.165, 1.54) is 4.72 Å². The van der Waals surface area contributed by atoms with Crippen molar-refractivity contribution < 1.29 is 26.7 Å². The molecule has 0 spiro atoms. The molecule has 0 saturated carbocycles. The van der Waals surface area contributed by atoms with Crippen LogP contribution >= 0.6 is 0 Å². The Morgan fingerprint density at radius 3 is 2.31 bits per heavy atom. The van der Waals surface area contributed by atoms with Crippen LogP contribution in [-0.2, 0) is 10.2 Å². The summed E-state index contributed by atoms with van der Waals surface area (Å²) < 4.78 is 60.9. The molecule has 98 valence electrons. The normalized spacial score (nSPS) is 15.1. The van der Waals surface area contributed by atoms with Crippen molar-refractivity contribution in [2.45, 2.75) is 32.0 Å². The van der Waals surface area contributed by atoms with Gasteiger partial charge in [0.25, 0.3) is 10.2 Å². The summed E-state index contributed by atoms with van der Waals surface area (Å²) in [6.45, 7) is -0.190. The van der Waals surface area contributed by atoms with Crippen LogP contribution in [0.5, 0.6) is 0 Å². The van der Waals surface area contributed by atoms with Crippen LogP contribution in [0.2, 0.25) is 0 Å². The molecule has 0 aliphatic heterocycles. The maximum Gasteiger partial charge on any atom is 0.402 e. The van der Waals surface area contributed by atoms with Gasteiger partial charge in [-0.25, -0.2) is 0 Å². The van der Waals surface area contributed by atoms with Gasteiger partial charge in [0.1, 0.15) is 6.54 Å². The first-order valence-electron chi connectivity index (χ1n) is 4.64. The van der Waals surface area contributed by atoms with Gasteiger partial charge >= 0.3 is 6.18 Å². The molecule has 0 aromatic heterocycles. The van der Waals surface area contributed by atoms with E-state index in [1.807, 2.05) is 4.72 Å². The van der Waals surface area contributed by atoms with E-state index in [0.29, 0.717) is 6.42 Å². The second kappa shape index (κ2) is 6.38. The summed E-state index contributed by atoms with van der Waals surface area (Å²) in [5.74, 6) is 0. The van der Waals surface area contributed by atoms with Crippen LogP contribution in [0.1, 0.15) is 19.8 Å². The van der Waals surface area contributed by atoms with Crippen LogP contribution in [0, 0.1) is 0 Å². The first-order valence-corrected chi connectivity index (χ1v) is 6.13. The van der Waals surface area contributed by atoms with Crippen LogP contribution in [0.3, 0.4) is 0 Å². The molecule has 0 aliphatic carbocycles. The average molecular weight is 264 g/mol. The lowest BCUT2D eigenvalue weighted by atomic mass is 10.2. The summed E-state index contributed by atoms with van der Waals surface area (Å²) in [4.78, 5) is 0. The molecule has 0 aromatic rings. The fourth-order valence-corrected chi connectivity index (χ4v) is 2.10. The van der Waals surface area contributed by atoms with Crippen molar-refractivity contribution in [2.75, 3.05) is 13.2 Å². The van der Waals surface area contributed by atoms with Gasteiger partial charge in [0.05, 0.1) is 0 Å². The minimum absolute atomic E-state index is 0.156. The number of alkyl halides is 3. The maximum absolute atomic E-state index is 11.8. The quantitative estimate of drug-likeness (QED) is 0.612. The van der Waals surface area contributed by atoms with E-state index < -0.39 is 29.0 Å². The second-order valence-electron chi connectivity index (χ2n) is 3.18. The van der Waals surface area contributed by atoms with Crippen molar-refractivity contribution in [1.29, 1.82) is 0 Å². The fraction of sp³-hybridized carbons (Fsp3) is 1.00. The van der Waals surface area contributed by atoms with Gasteiger partial charge < -0.3 is 5.11 Å². The molecular formula is C7H15F3N2O3S. The minimum Gasteiger partial charge on any atom is -0.396 e. The summed E-state index contributed by atoms with van der Waals surface area (Å²) in [5, 5.41) is 8.59. The first-order chi connectivity index (χ1) is 7.20. The number of nitrogens with one attached hydrogen (secondary N) is 2. The SMILES string of the molecule is CCC(CCO)NS(=O)(=O)NCC(F)(F)F. The number of hydrogen-bond donors (Lipinski definition) is 3. The van der Waals surface area contributed by atoms with Crippen molar-refractivity contribution in [3.63, 3.8) is 0 Å². The van der Waals surface area contributed by atoms with Crippen molar-refractivity contribution in [3.05, 3.63) is 0 Å². The van der Waals surface area contributed by atoms with Crippen LogP contribution < -0.4 is 9.44 Å². The van der Waals surface area contributed by atoms with Crippen molar-refractivity contribution >= 4 is 10.2 Å². The number of aliphatic hydroxyl groups excluding tert-OH is 1. The van der Waals surface area contributed by atoms with E-state index in [0.717, 1.165) is 0 Å². The molecule has 1 atom stereocenters. The summed E-state index contributed by atoms with van der Waals surface area (Å²) >= 11 is 0. The monoisotopic (exact) mass is 264 g/mol. The van der Waals surface area contributed by atoms with Crippen LogP contribution in [0.4, 0.5) is 13.2 Å². The van der Waals surface area contributed by atoms with E-state index in [-0.39, 0.29) is 13.0 Å². The molecule has 16 heavy (non-hydrogen) atoms. The van der Waals surface area contributed by atoms with Crippen molar-refractivity contribution in [3.8, 4) is 0 Å². The third-order valence-corrected chi connectivity index (χ3v) is 2.92. The van der Waals surface area contributed by atoms with Crippen LogP contribution in [0.25, 0.3) is 0 Å². The van der Waals surface area contributed by atoms with Gasteiger partial charge in [-0.05, 0) is 12.8 Å². The smallest absolute Gasteiger partial charge is 0.396 e. The van der Waals surface area contributed by atoms with Gasteiger partial charge in [-0.15, -0.1) is 0 Å². The highest BCUT2D eigenvalue weighted by molar-refractivity contribution is 7.87. The van der Waals surface area contributed by atoms with Gasteiger partial charge in [-0.2, -0.15) is 31.0 Å². The highest BCUT2D eigenvalue weighted by Gasteiger charge is 2.29. The third-order valence-electron chi connectivity index (χ3n) is 1.75. The standard InChI is InChI=1S/C7H15F3N2O3S/c1-2-6(3-4-13)12-16(14,15)11-5-7(8,9)10/h6,11-13H,2-5H2,1H3. The Morgan fingerprint density at radius 1 is 1.38 bits per heavy atom. The lowest BCUT2D eigenvalue weighted by molar-refractivity contribution is -0.121. The molecule has 1 unspecified atom stereocenters. The Labute approximate surface area is 92.2 Å². The molecule has 3 N–H and O–H groups in total. The lowest BCUT2D eigenvalue weighted by Crippen LogP contribution is -2.45. The van der Waals surface area contributed by atoms with Crippen LogP contribution in [-0.4, -0.2) is 38.9 Å². The summed E-state index contributed by atoms with van der Waals surface area (Å²) in [7, 11) is -4.18. The average Bonchev–Trinajstić information content (AvgIpc) is 2.13. The largest absolute Gasteiger partial charge is 0.402 e. The zero-order valence-electron chi connectivity index (χ0n) is 8.71. The van der Waals surface area contributed by atoms with E-state index in [2.05, 4.69) is 0 Å². The highest BCUT2D eigenvalue weighted by atomic mass is 32.2. The summed E-state index contributed by atoms with van der Waals surface area (Å²) in [6, 6.07) is -0.573. The first kappa shape index (κ1) is 15.6. The highest BCUT2D eigenvalue weighted by Crippen LogP contribution is 2.12. The number of hydrogen-bond acceptors (Lipinski definition) is 3. The molecule has 9 heteroatoms. The molecule has 0 rings (SSSR count). The predicted octanol–water partition coefficient (Wildman–Crippen LogP) is 0.134. The Hall–Kier alpha value is -0.380. The number of halogens is 3. The summed E-state index contributed by atoms with van der Waals surface area (Å²) in [6.07, 6.45) is -4.05. The summed E-state index contributed by atoms with van der Waals surface area (Å²) in [5.41, 5.74) is 0. The maximum atomic E-state index is 11.8. The molecule has 0 bridgehead atoms. The molecule has 0 saturated heterocycles. The zero-order valence-corrected chi connectivity index (χ0v) is 9.53. The van der Waals surface area contributed by atoms with Gasteiger partial charge in [0, 0.05) is 12.6 Å². The lowest BCUT2D eigenvalue weighted by Gasteiger charge is -2.16. The minimum atomic E-state index is -4.59. The Balaban J connectivity index is 4.23. The zero-order chi connectivity index (χ0) is 12.8. The Morgan fingerprint density at radius 2 is 1.94 bits per heavy atom. The Bertz CT molecular complexity index is 292. The van der Waals surface area contributed by atoms with E-state index in [4.69, 9.17) is 5.11 Å². The van der Waals surface area contributed by atoms with E-state index in [1.54, 1.807) is 6.92 Å². The molecule has 5 nitrogen and oxygen atoms in total. The van der Waals surface area contributed by atoms with Gasteiger partial charge in [-0.1, -0.05) is 6.92 Å². The van der Waals surface area contributed by atoms with Crippen LogP contribution in [0.15, 0.2) is 0 Å². The molecular weight excluding hydrogens is 249 g/mol. The van der Waals surface area contributed by atoms with Gasteiger partial charge in [0.15, 0.2) is 0 Å². The number of aliphatic hydroxyl groups is 1. The molecule has 0 aromatic carbocycles. The molecule has 0 amide bonds. The predicted molar refractivity (Wildman–Crippen MR) is 51.9 cm³/mol. The third kappa shape index (κ3) is 7.85. The van der Waals surface area contributed by atoms with Crippen molar-refractivity contribution in [2.24, 2.45) is 0 Å². The fourth-order valence-electron chi connectivity index (χ4n) is 0.940. The molecule has 0 heterocycles. The van der Waals surface area contributed by atoms with E-state index >= 15 is 0 Å². The number of rotatable bonds is 7. The molecule has 0 radical (unpaired) electrons. The van der Waals surface area contributed by atoms with Crippen molar-refractivity contribution in [1.82, 2.24) is 9.44 Å².